The predicted octanol–water partition coefficient (Wildman–Crippen LogP) is 2.86. The summed E-state index contributed by atoms with van der Waals surface area (Å²) in [6.45, 7) is 1.74. The standard InChI is InChI=1S/C27H33N5O3/c33-26(19-35-24-4-2-1-3-5-24)25-11-10-22(29-25)18-20-6-8-21(9-7-20)27(34)31-15-12-23(13-16-31)32-17-14-28-30-32/h1-9,14,17,22-23,25-26,29,33H,10-13,15-16,18-19H2/t22-,25+,26+/m0/s1. The maximum atomic E-state index is 13.0. The molecule has 0 bridgehead atoms. The van der Waals surface area contributed by atoms with Gasteiger partial charge in [0.15, 0.2) is 0 Å². The van der Waals surface area contributed by atoms with Gasteiger partial charge in [0.1, 0.15) is 18.5 Å². The van der Waals surface area contributed by atoms with Crippen LogP contribution in [-0.4, -0.2) is 68.8 Å². The number of nitrogens with zero attached hydrogens (tertiary/aromatic N) is 4. The first-order valence-electron chi connectivity index (χ1n) is 12.5. The van der Waals surface area contributed by atoms with Gasteiger partial charge >= 0.3 is 0 Å². The van der Waals surface area contributed by atoms with E-state index in [2.05, 4.69) is 27.8 Å². The Kier molecular flexibility index (Phi) is 7.39. The Morgan fingerprint density at radius 1 is 1.06 bits per heavy atom. The highest BCUT2D eigenvalue weighted by molar-refractivity contribution is 5.94. The van der Waals surface area contributed by atoms with Gasteiger partial charge < -0.3 is 20.1 Å². The quantitative estimate of drug-likeness (QED) is 0.521. The van der Waals surface area contributed by atoms with Crippen LogP contribution in [0, 0.1) is 0 Å². The summed E-state index contributed by atoms with van der Waals surface area (Å²) >= 11 is 0. The summed E-state index contributed by atoms with van der Waals surface area (Å²) in [5.41, 5.74) is 1.93. The zero-order chi connectivity index (χ0) is 24.0. The van der Waals surface area contributed by atoms with E-state index in [9.17, 15) is 9.90 Å². The molecule has 0 radical (unpaired) electrons. The van der Waals surface area contributed by atoms with E-state index in [0.29, 0.717) is 12.1 Å². The molecule has 35 heavy (non-hydrogen) atoms. The average Bonchev–Trinajstić information content (AvgIpc) is 3.61. The Balaban J connectivity index is 1.07. The molecule has 8 heteroatoms. The number of piperidine rings is 1. The lowest BCUT2D eigenvalue weighted by atomic mass is 10.0. The van der Waals surface area contributed by atoms with Gasteiger partial charge in [-0.05, 0) is 61.9 Å². The molecular weight excluding hydrogens is 442 g/mol. The van der Waals surface area contributed by atoms with E-state index in [1.807, 2.05) is 58.2 Å². The van der Waals surface area contributed by atoms with Crippen molar-refractivity contribution >= 4 is 5.91 Å². The van der Waals surface area contributed by atoms with Crippen molar-refractivity contribution in [3.63, 3.8) is 0 Å². The summed E-state index contributed by atoms with van der Waals surface area (Å²) in [7, 11) is 0. The van der Waals surface area contributed by atoms with Gasteiger partial charge in [-0.15, -0.1) is 5.10 Å². The summed E-state index contributed by atoms with van der Waals surface area (Å²) < 4.78 is 7.61. The highest BCUT2D eigenvalue weighted by Crippen LogP contribution is 2.24. The van der Waals surface area contributed by atoms with Crippen LogP contribution in [0.2, 0.25) is 0 Å². The molecular formula is C27H33N5O3. The summed E-state index contributed by atoms with van der Waals surface area (Å²) in [5.74, 6) is 0.865. The van der Waals surface area contributed by atoms with Crippen molar-refractivity contribution in [2.45, 2.75) is 56.3 Å². The number of hydrogen-bond donors (Lipinski definition) is 2. The molecule has 184 valence electrons. The molecule has 3 heterocycles. The van der Waals surface area contributed by atoms with E-state index in [1.54, 1.807) is 6.20 Å². The zero-order valence-electron chi connectivity index (χ0n) is 19.9. The van der Waals surface area contributed by atoms with Crippen molar-refractivity contribution in [1.29, 1.82) is 0 Å². The van der Waals surface area contributed by atoms with E-state index >= 15 is 0 Å². The lowest BCUT2D eigenvalue weighted by molar-refractivity contribution is 0.0689. The third-order valence-electron chi connectivity index (χ3n) is 7.15. The van der Waals surface area contributed by atoms with Crippen molar-refractivity contribution in [1.82, 2.24) is 25.2 Å². The lowest BCUT2D eigenvalue weighted by Crippen LogP contribution is -2.42. The van der Waals surface area contributed by atoms with E-state index in [4.69, 9.17) is 4.74 Å². The van der Waals surface area contributed by atoms with Gasteiger partial charge in [0.25, 0.3) is 5.91 Å². The fraction of sp³-hybridized carbons (Fsp3) is 0.444. The molecule has 2 N–H and O–H groups in total. The molecule has 5 rings (SSSR count). The molecule has 8 nitrogen and oxygen atoms in total. The van der Waals surface area contributed by atoms with E-state index in [-0.39, 0.29) is 18.6 Å². The highest BCUT2D eigenvalue weighted by atomic mass is 16.5. The van der Waals surface area contributed by atoms with Gasteiger partial charge in [-0.2, -0.15) is 0 Å². The van der Waals surface area contributed by atoms with Crippen molar-refractivity contribution < 1.29 is 14.6 Å². The molecule has 2 saturated heterocycles. The molecule has 1 amide bonds. The molecule has 2 aliphatic heterocycles. The first-order valence-corrected chi connectivity index (χ1v) is 12.5. The second-order valence-electron chi connectivity index (χ2n) is 9.55. The van der Waals surface area contributed by atoms with Gasteiger partial charge in [0.2, 0.25) is 0 Å². The second kappa shape index (κ2) is 11.0. The SMILES string of the molecule is O=C(c1ccc(C[C@@H]2CC[C@H]([C@H](O)COc3ccccc3)N2)cc1)N1CCC(n2ccnn2)CC1. The maximum absolute atomic E-state index is 13.0. The Labute approximate surface area is 205 Å². The van der Waals surface area contributed by atoms with Crippen LogP contribution in [-0.2, 0) is 6.42 Å². The number of aliphatic hydroxyl groups is 1. The van der Waals surface area contributed by atoms with Crippen LogP contribution in [0.5, 0.6) is 5.75 Å². The van der Waals surface area contributed by atoms with Crippen LogP contribution in [0.15, 0.2) is 67.0 Å². The molecule has 0 spiro atoms. The minimum absolute atomic E-state index is 0.0324. The van der Waals surface area contributed by atoms with Crippen molar-refractivity contribution in [2.24, 2.45) is 0 Å². The number of carbonyl (C=O) groups excluding carboxylic acids is 1. The Morgan fingerprint density at radius 3 is 2.54 bits per heavy atom. The monoisotopic (exact) mass is 475 g/mol. The third-order valence-corrected chi connectivity index (χ3v) is 7.15. The van der Waals surface area contributed by atoms with Crippen LogP contribution in [0.4, 0.5) is 0 Å². The molecule has 3 aromatic rings. The molecule has 2 aliphatic rings. The fourth-order valence-electron chi connectivity index (χ4n) is 5.13. The molecule has 3 atom stereocenters. The first-order chi connectivity index (χ1) is 17.2. The van der Waals surface area contributed by atoms with Gasteiger partial charge in [0.05, 0.1) is 12.2 Å². The number of rotatable bonds is 8. The molecule has 0 aliphatic carbocycles. The largest absolute Gasteiger partial charge is 0.491 e. The van der Waals surface area contributed by atoms with Crippen LogP contribution >= 0.6 is 0 Å². The van der Waals surface area contributed by atoms with Gasteiger partial charge in [-0.25, -0.2) is 4.68 Å². The number of para-hydroxylation sites is 1. The highest BCUT2D eigenvalue weighted by Gasteiger charge is 2.30. The number of hydrogen-bond acceptors (Lipinski definition) is 6. The summed E-state index contributed by atoms with van der Waals surface area (Å²) in [4.78, 5) is 14.9. The number of nitrogens with one attached hydrogen (secondary N) is 1. The van der Waals surface area contributed by atoms with Gasteiger partial charge in [0, 0.05) is 36.9 Å². The summed E-state index contributed by atoms with van der Waals surface area (Å²) in [6, 6.07) is 18.2. The third kappa shape index (κ3) is 5.89. The molecule has 0 saturated carbocycles. The number of amides is 1. The Bertz CT molecular complexity index is 1070. The molecule has 0 unspecified atom stereocenters. The van der Waals surface area contributed by atoms with Crippen LogP contribution < -0.4 is 10.1 Å². The van der Waals surface area contributed by atoms with Crippen LogP contribution in [0.3, 0.4) is 0 Å². The van der Waals surface area contributed by atoms with E-state index in [1.165, 1.54) is 5.56 Å². The van der Waals surface area contributed by atoms with Gasteiger partial charge in [-0.3, -0.25) is 4.79 Å². The average molecular weight is 476 g/mol. The first kappa shape index (κ1) is 23.5. The fourth-order valence-corrected chi connectivity index (χ4v) is 5.13. The number of ether oxygens (including phenoxy) is 1. The number of benzene rings is 2. The number of carbonyl (C=O) groups is 1. The van der Waals surface area contributed by atoms with Gasteiger partial charge in [-0.1, -0.05) is 35.5 Å². The number of likely N-dealkylation sites (tertiary alicyclic amines) is 1. The predicted molar refractivity (Wildman–Crippen MR) is 132 cm³/mol. The lowest BCUT2D eigenvalue weighted by Gasteiger charge is -2.32. The molecule has 2 aromatic carbocycles. The topological polar surface area (TPSA) is 92.5 Å². The zero-order valence-corrected chi connectivity index (χ0v) is 19.9. The van der Waals surface area contributed by atoms with Crippen molar-refractivity contribution in [3.05, 3.63) is 78.1 Å². The normalized spacial score (nSPS) is 21.7. The summed E-state index contributed by atoms with van der Waals surface area (Å²) in [6.07, 6.45) is 7.63. The summed E-state index contributed by atoms with van der Waals surface area (Å²) in [5, 5.41) is 22.1. The van der Waals surface area contributed by atoms with Crippen molar-refractivity contribution in [2.75, 3.05) is 19.7 Å². The van der Waals surface area contributed by atoms with Crippen molar-refractivity contribution in [3.8, 4) is 5.75 Å². The molecule has 2 fully saturated rings. The minimum Gasteiger partial charge on any atom is -0.491 e. The molecule has 1 aromatic heterocycles. The van der Waals surface area contributed by atoms with E-state index < -0.39 is 6.10 Å². The van der Waals surface area contributed by atoms with Crippen LogP contribution in [0.25, 0.3) is 0 Å². The Morgan fingerprint density at radius 2 is 1.83 bits per heavy atom. The smallest absolute Gasteiger partial charge is 0.253 e. The van der Waals surface area contributed by atoms with Crippen LogP contribution in [0.1, 0.15) is 47.6 Å². The second-order valence-corrected chi connectivity index (χ2v) is 9.55. The minimum atomic E-state index is -0.547. The number of aliphatic hydroxyl groups excluding tert-OH is 1. The Hall–Kier alpha value is -3.23. The van der Waals surface area contributed by atoms with E-state index in [0.717, 1.165) is 56.5 Å². The maximum Gasteiger partial charge on any atom is 0.253 e. The number of aromatic nitrogens is 3.